The fraction of sp³-hybridized carbons (Fsp3) is 0.333. The van der Waals surface area contributed by atoms with Gasteiger partial charge in [0.15, 0.2) is 11.5 Å². The second kappa shape index (κ2) is 7.94. The van der Waals surface area contributed by atoms with Gasteiger partial charge in [-0.2, -0.15) is 0 Å². The molecule has 0 bridgehead atoms. The van der Waals surface area contributed by atoms with E-state index in [9.17, 15) is 9.59 Å². The number of hydrogen-bond donors (Lipinski definition) is 2. The number of ether oxygens (including phenoxy) is 2. The van der Waals surface area contributed by atoms with E-state index in [0.717, 1.165) is 0 Å². The van der Waals surface area contributed by atoms with Crippen molar-refractivity contribution in [2.45, 2.75) is 13.8 Å². The maximum Gasteiger partial charge on any atom is 0.267 e. The molecule has 0 aromatic heterocycles. The van der Waals surface area contributed by atoms with E-state index >= 15 is 0 Å². The Kier molecular flexibility index (Phi) is 6.26. The number of carbonyl (C=O) groups is 2. The Labute approximate surface area is 124 Å². The Balaban J connectivity index is 3.14. The van der Waals surface area contributed by atoms with Crippen molar-refractivity contribution in [2.24, 2.45) is 0 Å². The zero-order chi connectivity index (χ0) is 15.8. The first kappa shape index (κ1) is 16.6. The predicted octanol–water partition coefficient (Wildman–Crippen LogP) is 1.32. The molecule has 114 valence electrons. The highest BCUT2D eigenvalue weighted by Gasteiger charge is 2.11. The molecule has 6 heteroatoms. The number of hydrogen-bond acceptors (Lipinski definition) is 4. The smallest absolute Gasteiger partial charge is 0.267 e. The number of likely N-dealkylation sites (N-methyl/N-ethyl adjacent to an activating group) is 1. The summed E-state index contributed by atoms with van der Waals surface area (Å²) in [6, 6.07) is 5.22. The van der Waals surface area contributed by atoms with E-state index < -0.39 is 0 Å². The molecule has 0 unspecified atom stereocenters. The normalized spacial score (nSPS) is 10.8. The first-order valence-electron chi connectivity index (χ1n) is 6.51. The first-order valence-corrected chi connectivity index (χ1v) is 6.51. The van der Waals surface area contributed by atoms with Gasteiger partial charge in [0.2, 0.25) is 5.91 Å². The minimum atomic E-state index is -0.345. The van der Waals surface area contributed by atoms with E-state index in [1.54, 1.807) is 38.3 Å². The first-order chi connectivity index (χ1) is 10.0. The van der Waals surface area contributed by atoms with Gasteiger partial charge in [-0.25, -0.2) is 0 Å². The molecule has 2 amide bonds. The van der Waals surface area contributed by atoms with Gasteiger partial charge in [-0.05, 0) is 30.7 Å². The summed E-state index contributed by atoms with van der Waals surface area (Å²) in [5.74, 6) is 0.480. The van der Waals surface area contributed by atoms with Gasteiger partial charge in [0.25, 0.3) is 5.91 Å². The molecule has 21 heavy (non-hydrogen) atoms. The Morgan fingerprint density at radius 1 is 1.19 bits per heavy atom. The summed E-state index contributed by atoms with van der Waals surface area (Å²) in [6.45, 7) is 3.63. The largest absolute Gasteiger partial charge is 0.493 e. The van der Waals surface area contributed by atoms with Crippen LogP contribution in [0.25, 0.3) is 6.08 Å². The summed E-state index contributed by atoms with van der Waals surface area (Å²) < 4.78 is 10.4. The molecule has 0 heterocycles. The molecule has 0 aliphatic rings. The minimum absolute atomic E-state index is 0.177. The number of benzene rings is 1. The minimum Gasteiger partial charge on any atom is -0.493 e. The third-order valence-corrected chi connectivity index (χ3v) is 2.61. The van der Waals surface area contributed by atoms with Crippen molar-refractivity contribution in [1.29, 1.82) is 0 Å². The van der Waals surface area contributed by atoms with Gasteiger partial charge >= 0.3 is 0 Å². The van der Waals surface area contributed by atoms with Crippen LogP contribution < -0.4 is 20.1 Å². The average Bonchev–Trinajstić information content (AvgIpc) is 2.46. The molecular weight excluding hydrogens is 272 g/mol. The number of nitrogens with one attached hydrogen (secondary N) is 2. The Hall–Kier alpha value is -2.50. The summed E-state index contributed by atoms with van der Waals surface area (Å²) in [6.07, 6.45) is 1.58. The highest BCUT2D eigenvalue weighted by Crippen LogP contribution is 2.28. The van der Waals surface area contributed by atoms with Gasteiger partial charge in [0.1, 0.15) is 5.70 Å². The van der Waals surface area contributed by atoms with Crippen LogP contribution in [0.3, 0.4) is 0 Å². The van der Waals surface area contributed by atoms with Crippen LogP contribution in [0.5, 0.6) is 11.5 Å². The van der Waals surface area contributed by atoms with Gasteiger partial charge < -0.3 is 20.1 Å². The van der Waals surface area contributed by atoms with Crippen molar-refractivity contribution in [3.63, 3.8) is 0 Å². The van der Waals surface area contributed by atoms with Gasteiger partial charge in [-0.1, -0.05) is 6.07 Å². The van der Waals surface area contributed by atoms with Gasteiger partial charge in [-0.15, -0.1) is 0 Å². The van der Waals surface area contributed by atoms with Crippen LogP contribution in [0, 0.1) is 0 Å². The fourth-order valence-electron chi connectivity index (χ4n) is 1.71. The molecule has 0 radical (unpaired) electrons. The van der Waals surface area contributed by atoms with Crippen LogP contribution in [0.1, 0.15) is 19.4 Å². The molecule has 0 atom stereocenters. The van der Waals surface area contributed by atoms with Gasteiger partial charge in [0.05, 0.1) is 14.2 Å². The molecule has 0 saturated carbocycles. The third-order valence-electron chi connectivity index (χ3n) is 2.61. The zero-order valence-electron chi connectivity index (χ0n) is 12.6. The Morgan fingerprint density at radius 2 is 1.86 bits per heavy atom. The number of carbonyl (C=O) groups excluding carboxylic acids is 2. The summed E-state index contributed by atoms with van der Waals surface area (Å²) in [4.78, 5) is 23.1. The van der Waals surface area contributed by atoms with E-state index in [1.807, 2.05) is 0 Å². The van der Waals surface area contributed by atoms with Crippen LogP contribution in [0.4, 0.5) is 0 Å². The second-order valence-corrected chi connectivity index (χ2v) is 4.21. The van der Waals surface area contributed by atoms with Crippen molar-refractivity contribution in [1.82, 2.24) is 10.6 Å². The summed E-state index contributed by atoms with van der Waals surface area (Å²) >= 11 is 0. The van der Waals surface area contributed by atoms with Gasteiger partial charge in [-0.3, -0.25) is 9.59 Å². The Bertz CT molecular complexity index is 553. The maximum atomic E-state index is 11.9. The van der Waals surface area contributed by atoms with Crippen LogP contribution in [0.2, 0.25) is 0 Å². The molecular formula is C15H20N2O4. The van der Waals surface area contributed by atoms with Crippen LogP contribution >= 0.6 is 0 Å². The van der Waals surface area contributed by atoms with Crippen molar-refractivity contribution >= 4 is 17.9 Å². The molecule has 1 aromatic rings. The summed E-state index contributed by atoms with van der Waals surface area (Å²) in [5.41, 5.74) is 0.888. The molecule has 0 saturated heterocycles. The lowest BCUT2D eigenvalue weighted by atomic mass is 10.1. The SMILES string of the molecule is CCNC(=O)/C(=C\c1ccc(OC)c(OC)c1)NC(C)=O. The van der Waals surface area contributed by atoms with E-state index in [0.29, 0.717) is 23.6 Å². The molecule has 0 spiro atoms. The van der Waals surface area contributed by atoms with Gasteiger partial charge in [0, 0.05) is 13.5 Å². The number of amides is 2. The van der Waals surface area contributed by atoms with Crippen LogP contribution in [-0.4, -0.2) is 32.6 Å². The standard InChI is InChI=1S/C15H20N2O4/c1-5-16-15(19)12(17-10(2)18)8-11-6-7-13(20-3)14(9-11)21-4/h6-9H,5H2,1-4H3,(H,16,19)(H,17,18)/b12-8+. The highest BCUT2D eigenvalue weighted by molar-refractivity contribution is 6.00. The number of rotatable bonds is 6. The molecule has 6 nitrogen and oxygen atoms in total. The van der Waals surface area contributed by atoms with Crippen molar-refractivity contribution in [2.75, 3.05) is 20.8 Å². The Morgan fingerprint density at radius 3 is 2.38 bits per heavy atom. The monoisotopic (exact) mass is 292 g/mol. The summed E-state index contributed by atoms with van der Waals surface area (Å²) in [7, 11) is 3.08. The maximum absolute atomic E-state index is 11.9. The number of methoxy groups -OCH3 is 2. The quantitative estimate of drug-likeness (QED) is 0.775. The van der Waals surface area contributed by atoms with Crippen molar-refractivity contribution in [3.8, 4) is 11.5 Å². The summed E-state index contributed by atoms with van der Waals surface area (Å²) in [5, 5.41) is 5.16. The molecule has 0 aliphatic carbocycles. The fourth-order valence-corrected chi connectivity index (χ4v) is 1.71. The van der Waals surface area contributed by atoms with Crippen LogP contribution in [0.15, 0.2) is 23.9 Å². The lowest BCUT2D eigenvalue weighted by molar-refractivity contribution is -0.122. The lowest BCUT2D eigenvalue weighted by Crippen LogP contribution is -2.33. The topological polar surface area (TPSA) is 76.7 Å². The van der Waals surface area contributed by atoms with Crippen molar-refractivity contribution < 1.29 is 19.1 Å². The van der Waals surface area contributed by atoms with E-state index in [-0.39, 0.29) is 17.5 Å². The zero-order valence-corrected chi connectivity index (χ0v) is 12.6. The highest BCUT2D eigenvalue weighted by atomic mass is 16.5. The van der Waals surface area contributed by atoms with E-state index in [1.165, 1.54) is 14.0 Å². The van der Waals surface area contributed by atoms with Crippen molar-refractivity contribution in [3.05, 3.63) is 29.5 Å². The molecule has 1 rings (SSSR count). The average molecular weight is 292 g/mol. The molecule has 0 aliphatic heterocycles. The second-order valence-electron chi connectivity index (χ2n) is 4.21. The third kappa shape index (κ3) is 4.83. The predicted molar refractivity (Wildman–Crippen MR) is 80.0 cm³/mol. The molecule has 2 N–H and O–H groups in total. The van der Waals surface area contributed by atoms with Crippen LogP contribution in [-0.2, 0) is 9.59 Å². The van der Waals surface area contributed by atoms with E-state index in [2.05, 4.69) is 10.6 Å². The molecule has 1 aromatic carbocycles. The molecule has 0 fully saturated rings. The van der Waals surface area contributed by atoms with E-state index in [4.69, 9.17) is 9.47 Å². The lowest BCUT2D eigenvalue weighted by Gasteiger charge is -2.10.